The standard InChI is InChI=1S/C19H37NS/c1-18(2,3)17-9-8-13-20(14-10-17)15-19(16-21)11-6-4-5-7-12-19/h17,21H,4-16H2,1-3H3. The summed E-state index contributed by atoms with van der Waals surface area (Å²) in [5.74, 6) is 2.00. The molecule has 2 rings (SSSR count). The van der Waals surface area contributed by atoms with E-state index in [-0.39, 0.29) is 0 Å². The van der Waals surface area contributed by atoms with Gasteiger partial charge in [0.05, 0.1) is 0 Å². The van der Waals surface area contributed by atoms with E-state index in [1.165, 1.54) is 77.4 Å². The summed E-state index contributed by atoms with van der Waals surface area (Å²) in [6, 6.07) is 0. The van der Waals surface area contributed by atoms with Crippen molar-refractivity contribution >= 4 is 12.6 Å². The summed E-state index contributed by atoms with van der Waals surface area (Å²) in [7, 11) is 0. The summed E-state index contributed by atoms with van der Waals surface area (Å²) in [6.45, 7) is 11.2. The van der Waals surface area contributed by atoms with Crippen LogP contribution in [-0.4, -0.2) is 30.3 Å². The van der Waals surface area contributed by atoms with Crippen LogP contribution in [0.25, 0.3) is 0 Å². The van der Waals surface area contributed by atoms with Crippen molar-refractivity contribution in [3.63, 3.8) is 0 Å². The van der Waals surface area contributed by atoms with E-state index in [4.69, 9.17) is 12.6 Å². The predicted molar refractivity (Wildman–Crippen MR) is 97.2 cm³/mol. The molecule has 2 aliphatic rings. The zero-order chi connectivity index (χ0) is 15.3. The molecule has 124 valence electrons. The van der Waals surface area contributed by atoms with E-state index in [1.54, 1.807) is 0 Å². The molecule has 2 fully saturated rings. The zero-order valence-electron chi connectivity index (χ0n) is 14.7. The lowest BCUT2D eigenvalue weighted by molar-refractivity contribution is 0.147. The van der Waals surface area contributed by atoms with Crippen molar-refractivity contribution in [1.29, 1.82) is 0 Å². The molecule has 0 aromatic heterocycles. The maximum absolute atomic E-state index is 4.76. The third-order valence-corrected chi connectivity index (χ3v) is 6.77. The quantitative estimate of drug-likeness (QED) is 0.539. The SMILES string of the molecule is CC(C)(C)C1CCCN(CC2(CS)CCCCCC2)CC1. The molecule has 1 aliphatic heterocycles. The van der Waals surface area contributed by atoms with E-state index in [9.17, 15) is 0 Å². The van der Waals surface area contributed by atoms with Gasteiger partial charge in [0.15, 0.2) is 0 Å². The molecule has 1 nitrogen and oxygen atoms in total. The van der Waals surface area contributed by atoms with Crippen molar-refractivity contribution in [3.05, 3.63) is 0 Å². The Morgan fingerprint density at radius 2 is 1.62 bits per heavy atom. The third kappa shape index (κ3) is 5.16. The Hall–Kier alpha value is 0.310. The first kappa shape index (κ1) is 17.7. The second-order valence-electron chi connectivity index (χ2n) is 8.84. The maximum atomic E-state index is 4.76. The van der Waals surface area contributed by atoms with Crippen molar-refractivity contribution in [1.82, 2.24) is 4.90 Å². The fourth-order valence-electron chi connectivity index (χ4n) is 4.50. The van der Waals surface area contributed by atoms with Crippen molar-refractivity contribution in [2.24, 2.45) is 16.7 Å². The molecule has 21 heavy (non-hydrogen) atoms. The summed E-state index contributed by atoms with van der Waals surface area (Å²) < 4.78 is 0. The molecule has 1 atom stereocenters. The molecule has 2 heteroatoms. The number of hydrogen-bond donors (Lipinski definition) is 1. The predicted octanol–water partition coefficient (Wildman–Crippen LogP) is 5.41. The van der Waals surface area contributed by atoms with Gasteiger partial charge in [0.25, 0.3) is 0 Å². The average molecular weight is 312 g/mol. The number of rotatable bonds is 3. The normalized spacial score (nSPS) is 28.9. The monoisotopic (exact) mass is 311 g/mol. The molecule has 0 aromatic rings. The lowest BCUT2D eigenvalue weighted by atomic mass is 9.76. The fourth-order valence-corrected chi connectivity index (χ4v) is 4.92. The first-order valence-electron chi connectivity index (χ1n) is 9.28. The smallest absolute Gasteiger partial charge is 0.00458 e. The summed E-state index contributed by atoms with van der Waals surface area (Å²) in [5.41, 5.74) is 1.00. The molecule has 1 aliphatic carbocycles. The average Bonchev–Trinajstić information content (AvgIpc) is 2.79. The molecule has 0 amide bonds. The Morgan fingerprint density at radius 1 is 0.952 bits per heavy atom. The van der Waals surface area contributed by atoms with Gasteiger partial charge in [0.1, 0.15) is 0 Å². The molecule has 0 N–H and O–H groups in total. The van der Waals surface area contributed by atoms with Crippen LogP contribution in [0.4, 0.5) is 0 Å². The van der Waals surface area contributed by atoms with Crippen LogP contribution < -0.4 is 0 Å². The van der Waals surface area contributed by atoms with E-state index in [0.717, 1.165) is 11.7 Å². The van der Waals surface area contributed by atoms with Crippen LogP contribution in [0.15, 0.2) is 0 Å². The highest BCUT2D eigenvalue weighted by Gasteiger charge is 2.33. The summed E-state index contributed by atoms with van der Waals surface area (Å²) in [6.07, 6.45) is 12.8. The van der Waals surface area contributed by atoms with Crippen molar-refractivity contribution in [2.75, 3.05) is 25.4 Å². The van der Waals surface area contributed by atoms with E-state index in [1.807, 2.05) is 0 Å². The van der Waals surface area contributed by atoms with Gasteiger partial charge in [-0.1, -0.05) is 46.5 Å². The Morgan fingerprint density at radius 3 is 2.19 bits per heavy atom. The van der Waals surface area contributed by atoms with Crippen LogP contribution in [0, 0.1) is 16.7 Å². The van der Waals surface area contributed by atoms with Crippen LogP contribution in [0.3, 0.4) is 0 Å². The Bertz CT molecular complexity index is 299. The fraction of sp³-hybridized carbons (Fsp3) is 1.00. The number of likely N-dealkylation sites (tertiary alicyclic amines) is 1. The van der Waals surface area contributed by atoms with Crippen LogP contribution in [0.5, 0.6) is 0 Å². The largest absolute Gasteiger partial charge is 0.303 e. The molecular formula is C19H37NS. The molecule has 1 saturated carbocycles. The minimum Gasteiger partial charge on any atom is -0.303 e. The number of thiol groups is 1. The highest BCUT2D eigenvalue weighted by molar-refractivity contribution is 7.80. The molecule has 1 saturated heterocycles. The van der Waals surface area contributed by atoms with Gasteiger partial charge in [-0.05, 0) is 67.7 Å². The highest BCUT2D eigenvalue weighted by Crippen LogP contribution is 2.39. The Kier molecular flexibility index (Phi) is 6.50. The molecular weight excluding hydrogens is 274 g/mol. The lowest BCUT2D eigenvalue weighted by Crippen LogP contribution is -2.39. The highest BCUT2D eigenvalue weighted by atomic mass is 32.1. The van der Waals surface area contributed by atoms with Crippen LogP contribution in [-0.2, 0) is 0 Å². The number of nitrogens with zero attached hydrogens (tertiary/aromatic N) is 1. The number of hydrogen-bond acceptors (Lipinski definition) is 2. The van der Waals surface area contributed by atoms with Gasteiger partial charge in [-0.3, -0.25) is 0 Å². The minimum absolute atomic E-state index is 0.486. The second kappa shape index (κ2) is 7.73. The third-order valence-electron chi connectivity index (χ3n) is 6.10. The van der Waals surface area contributed by atoms with Crippen LogP contribution >= 0.6 is 12.6 Å². The molecule has 1 heterocycles. The van der Waals surface area contributed by atoms with Crippen molar-refractivity contribution < 1.29 is 0 Å². The van der Waals surface area contributed by atoms with E-state index >= 15 is 0 Å². The summed E-state index contributed by atoms with van der Waals surface area (Å²) >= 11 is 4.76. The molecule has 0 bridgehead atoms. The Balaban J connectivity index is 1.92. The van der Waals surface area contributed by atoms with Gasteiger partial charge < -0.3 is 4.90 Å². The van der Waals surface area contributed by atoms with Gasteiger partial charge >= 0.3 is 0 Å². The summed E-state index contributed by atoms with van der Waals surface area (Å²) in [5, 5.41) is 0. The minimum atomic E-state index is 0.486. The first-order chi connectivity index (χ1) is 9.95. The van der Waals surface area contributed by atoms with E-state index in [0.29, 0.717) is 10.8 Å². The lowest BCUT2D eigenvalue weighted by Gasteiger charge is -2.37. The van der Waals surface area contributed by atoms with Gasteiger partial charge in [-0.2, -0.15) is 12.6 Å². The maximum Gasteiger partial charge on any atom is 0.00458 e. The van der Waals surface area contributed by atoms with Crippen molar-refractivity contribution in [3.8, 4) is 0 Å². The van der Waals surface area contributed by atoms with Gasteiger partial charge in [-0.15, -0.1) is 0 Å². The molecule has 0 aromatic carbocycles. The van der Waals surface area contributed by atoms with Crippen LogP contribution in [0.2, 0.25) is 0 Å². The van der Waals surface area contributed by atoms with Gasteiger partial charge in [0.2, 0.25) is 0 Å². The van der Waals surface area contributed by atoms with E-state index < -0.39 is 0 Å². The molecule has 0 radical (unpaired) electrons. The summed E-state index contributed by atoms with van der Waals surface area (Å²) in [4.78, 5) is 2.78. The van der Waals surface area contributed by atoms with Crippen molar-refractivity contribution in [2.45, 2.75) is 78.6 Å². The molecule has 0 spiro atoms. The second-order valence-corrected chi connectivity index (χ2v) is 9.16. The Labute approximate surface area is 138 Å². The molecule has 1 unspecified atom stereocenters. The topological polar surface area (TPSA) is 3.24 Å². The van der Waals surface area contributed by atoms with Crippen LogP contribution in [0.1, 0.15) is 78.6 Å². The zero-order valence-corrected chi connectivity index (χ0v) is 15.6. The van der Waals surface area contributed by atoms with Gasteiger partial charge in [0, 0.05) is 6.54 Å². The van der Waals surface area contributed by atoms with E-state index in [2.05, 4.69) is 25.7 Å². The first-order valence-corrected chi connectivity index (χ1v) is 9.92. The van der Waals surface area contributed by atoms with Gasteiger partial charge in [-0.25, -0.2) is 0 Å².